The number of nitrogens with one attached hydrogen (secondary N) is 2. The van der Waals surface area contributed by atoms with Gasteiger partial charge in [-0.2, -0.15) is 0 Å². The van der Waals surface area contributed by atoms with Gasteiger partial charge in [0.2, 0.25) is 5.91 Å². The fraction of sp³-hybridized carbons (Fsp3) is 0.917. The Balaban J connectivity index is 1.82. The zero-order chi connectivity index (χ0) is 11.6. The van der Waals surface area contributed by atoms with Crippen LogP contribution in [-0.2, 0) is 9.53 Å². The van der Waals surface area contributed by atoms with E-state index in [1.807, 2.05) is 0 Å². The molecule has 0 bridgehead atoms. The third-order valence-corrected chi connectivity index (χ3v) is 3.42. The molecule has 2 rings (SSSR count). The molecule has 2 N–H and O–H groups in total. The van der Waals surface area contributed by atoms with Crippen molar-refractivity contribution in [3.05, 3.63) is 0 Å². The van der Waals surface area contributed by atoms with Gasteiger partial charge < -0.3 is 15.4 Å². The number of carbonyl (C=O) groups is 1. The van der Waals surface area contributed by atoms with Gasteiger partial charge in [0, 0.05) is 12.6 Å². The van der Waals surface area contributed by atoms with Crippen molar-refractivity contribution >= 4 is 5.91 Å². The standard InChI is InChI=1S/C12H22N2O2/c1-12(2)8-9(5-7-16-12)14-11(15)10-4-3-6-13-10/h9-10,13H,3-8H2,1-2H3,(H,14,15)/t9?,10-/m1/s1. The first-order chi connectivity index (χ1) is 7.57. The fourth-order valence-electron chi connectivity index (χ4n) is 2.57. The van der Waals surface area contributed by atoms with E-state index in [9.17, 15) is 4.79 Å². The predicted octanol–water partition coefficient (Wildman–Crippen LogP) is 0.812. The minimum Gasteiger partial charge on any atom is -0.375 e. The summed E-state index contributed by atoms with van der Waals surface area (Å²) in [5, 5.41) is 6.36. The highest BCUT2D eigenvalue weighted by atomic mass is 16.5. The SMILES string of the molecule is CC1(C)CC(NC(=O)[C@H]2CCCN2)CCO1. The molecule has 0 aromatic rings. The molecule has 16 heavy (non-hydrogen) atoms. The molecule has 1 unspecified atom stereocenters. The fourth-order valence-corrected chi connectivity index (χ4v) is 2.57. The number of rotatable bonds is 2. The summed E-state index contributed by atoms with van der Waals surface area (Å²) in [6, 6.07) is 0.310. The van der Waals surface area contributed by atoms with Crippen molar-refractivity contribution < 1.29 is 9.53 Å². The van der Waals surface area contributed by atoms with Crippen LogP contribution in [0.3, 0.4) is 0 Å². The molecule has 92 valence electrons. The summed E-state index contributed by atoms with van der Waals surface area (Å²) in [5.41, 5.74) is -0.0979. The summed E-state index contributed by atoms with van der Waals surface area (Å²) in [6.07, 6.45) is 3.92. The highest BCUT2D eigenvalue weighted by Crippen LogP contribution is 2.24. The van der Waals surface area contributed by atoms with Crippen LogP contribution in [0.5, 0.6) is 0 Å². The number of ether oxygens (including phenoxy) is 1. The van der Waals surface area contributed by atoms with E-state index < -0.39 is 0 Å². The van der Waals surface area contributed by atoms with E-state index in [0.29, 0.717) is 0 Å². The van der Waals surface area contributed by atoms with Crippen LogP contribution >= 0.6 is 0 Å². The summed E-state index contributed by atoms with van der Waals surface area (Å²) in [5.74, 6) is 0.167. The van der Waals surface area contributed by atoms with E-state index in [1.165, 1.54) is 0 Å². The van der Waals surface area contributed by atoms with Crippen LogP contribution in [-0.4, -0.2) is 36.7 Å². The van der Waals surface area contributed by atoms with Gasteiger partial charge in [0.15, 0.2) is 0 Å². The Morgan fingerprint density at radius 3 is 2.88 bits per heavy atom. The molecule has 0 aromatic heterocycles. The Bertz CT molecular complexity index is 260. The topological polar surface area (TPSA) is 50.4 Å². The first kappa shape index (κ1) is 11.9. The van der Waals surface area contributed by atoms with Crippen molar-refractivity contribution in [2.24, 2.45) is 0 Å². The molecule has 0 aliphatic carbocycles. The Morgan fingerprint density at radius 2 is 2.25 bits per heavy atom. The lowest BCUT2D eigenvalue weighted by Crippen LogP contribution is -2.50. The van der Waals surface area contributed by atoms with Crippen LogP contribution in [0.4, 0.5) is 0 Å². The molecular weight excluding hydrogens is 204 g/mol. The third kappa shape index (κ3) is 2.95. The van der Waals surface area contributed by atoms with Crippen LogP contribution in [0.2, 0.25) is 0 Å². The van der Waals surface area contributed by atoms with Crippen molar-refractivity contribution in [1.29, 1.82) is 0 Å². The molecule has 2 saturated heterocycles. The molecule has 4 nitrogen and oxygen atoms in total. The van der Waals surface area contributed by atoms with Gasteiger partial charge in [0.1, 0.15) is 0 Å². The summed E-state index contributed by atoms with van der Waals surface area (Å²) >= 11 is 0. The lowest BCUT2D eigenvalue weighted by atomic mass is 9.93. The minimum atomic E-state index is -0.0979. The third-order valence-electron chi connectivity index (χ3n) is 3.42. The zero-order valence-corrected chi connectivity index (χ0v) is 10.2. The number of hydrogen-bond acceptors (Lipinski definition) is 3. The molecule has 2 aliphatic rings. The monoisotopic (exact) mass is 226 g/mol. The van der Waals surface area contributed by atoms with Crippen molar-refractivity contribution in [2.45, 2.75) is 57.2 Å². The first-order valence-electron chi connectivity index (χ1n) is 6.24. The van der Waals surface area contributed by atoms with Gasteiger partial charge in [0.05, 0.1) is 11.6 Å². The normalized spacial score (nSPS) is 33.6. The molecule has 2 fully saturated rings. The van der Waals surface area contributed by atoms with E-state index in [0.717, 1.165) is 38.8 Å². The summed E-state index contributed by atoms with van der Waals surface area (Å²) < 4.78 is 5.64. The summed E-state index contributed by atoms with van der Waals surface area (Å²) in [4.78, 5) is 11.9. The Labute approximate surface area is 97.1 Å². The summed E-state index contributed by atoms with van der Waals surface area (Å²) in [7, 11) is 0. The van der Waals surface area contributed by atoms with E-state index in [1.54, 1.807) is 0 Å². The van der Waals surface area contributed by atoms with Crippen molar-refractivity contribution in [2.75, 3.05) is 13.2 Å². The van der Waals surface area contributed by atoms with Gasteiger partial charge in [-0.1, -0.05) is 0 Å². The largest absolute Gasteiger partial charge is 0.375 e. The predicted molar refractivity (Wildman–Crippen MR) is 62.2 cm³/mol. The molecule has 2 atom stereocenters. The molecule has 0 spiro atoms. The second-order valence-electron chi connectivity index (χ2n) is 5.46. The van der Waals surface area contributed by atoms with Crippen molar-refractivity contribution in [3.63, 3.8) is 0 Å². The lowest BCUT2D eigenvalue weighted by Gasteiger charge is -2.36. The van der Waals surface area contributed by atoms with Crippen LogP contribution in [0, 0.1) is 0 Å². The van der Waals surface area contributed by atoms with Crippen LogP contribution < -0.4 is 10.6 Å². The van der Waals surface area contributed by atoms with Gasteiger partial charge >= 0.3 is 0 Å². The Kier molecular flexibility index (Phi) is 3.50. The van der Waals surface area contributed by atoms with E-state index in [-0.39, 0.29) is 23.6 Å². The average Bonchev–Trinajstić information content (AvgIpc) is 2.68. The van der Waals surface area contributed by atoms with Crippen molar-refractivity contribution in [1.82, 2.24) is 10.6 Å². The Hall–Kier alpha value is -0.610. The molecule has 0 aromatic carbocycles. The van der Waals surface area contributed by atoms with Gasteiger partial charge in [-0.3, -0.25) is 4.79 Å². The van der Waals surface area contributed by atoms with Gasteiger partial charge in [-0.15, -0.1) is 0 Å². The maximum absolute atomic E-state index is 11.9. The second-order valence-corrected chi connectivity index (χ2v) is 5.46. The summed E-state index contributed by atoms with van der Waals surface area (Å²) in [6.45, 7) is 5.88. The molecule has 1 amide bonds. The minimum absolute atomic E-state index is 0.0333. The zero-order valence-electron chi connectivity index (χ0n) is 10.2. The highest BCUT2D eigenvalue weighted by molar-refractivity contribution is 5.82. The van der Waals surface area contributed by atoms with Crippen molar-refractivity contribution in [3.8, 4) is 0 Å². The van der Waals surface area contributed by atoms with Gasteiger partial charge in [-0.25, -0.2) is 0 Å². The van der Waals surface area contributed by atoms with E-state index >= 15 is 0 Å². The number of amides is 1. The smallest absolute Gasteiger partial charge is 0.237 e. The first-order valence-corrected chi connectivity index (χ1v) is 6.24. The molecule has 2 aliphatic heterocycles. The van der Waals surface area contributed by atoms with E-state index in [2.05, 4.69) is 24.5 Å². The Morgan fingerprint density at radius 1 is 1.44 bits per heavy atom. The van der Waals surface area contributed by atoms with Gasteiger partial charge in [0.25, 0.3) is 0 Å². The maximum Gasteiger partial charge on any atom is 0.237 e. The molecular formula is C12H22N2O2. The highest BCUT2D eigenvalue weighted by Gasteiger charge is 2.31. The molecule has 4 heteroatoms. The number of hydrogen-bond donors (Lipinski definition) is 2. The molecule has 0 radical (unpaired) electrons. The number of carbonyl (C=O) groups excluding carboxylic acids is 1. The maximum atomic E-state index is 11.9. The lowest BCUT2D eigenvalue weighted by molar-refractivity contribution is -0.125. The van der Waals surface area contributed by atoms with Crippen LogP contribution in [0.15, 0.2) is 0 Å². The molecule has 0 saturated carbocycles. The van der Waals surface area contributed by atoms with Gasteiger partial charge in [-0.05, 0) is 46.1 Å². The van der Waals surface area contributed by atoms with Crippen LogP contribution in [0.25, 0.3) is 0 Å². The van der Waals surface area contributed by atoms with E-state index in [4.69, 9.17) is 4.74 Å². The quantitative estimate of drug-likeness (QED) is 0.732. The average molecular weight is 226 g/mol. The second kappa shape index (κ2) is 4.72. The molecule has 2 heterocycles. The van der Waals surface area contributed by atoms with Crippen LogP contribution in [0.1, 0.15) is 39.5 Å².